The highest BCUT2D eigenvalue weighted by atomic mass is 16.6. The first kappa shape index (κ1) is 21.0. The predicted molar refractivity (Wildman–Crippen MR) is 107 cm³/mol. The summed E-state index contributed by atoms with van der Waals surface area (Å²) < 4.78 is 15.8. The summed E-state index contributed by atoms with van der Waals surface area (Å²) >= 11 is 0. The van der Waals surface area contributed by atoms with Crippen LogP contribution in [0.1, 0.15) is 18.1 Å². The third kappa shape index (κ3) is 6.79. The van der Waals surface area contributed by atoms with E-state index in [0.717, 1.165) is 22.6 Å². The molecule has 0 aliphatic heterocycles. The van der Waals surface area contributed by atoms with E-state index < -0.39 is 12.0 Å². The molecular formula is C22H25NO5. The molecule has 28 heavy (non-hydrogen) atoms. The Labute approximate surface area is 165 Å². The van der Waals surface area contributed by atoms with E-state index in [2.05, 4.69) is 5.32 Å². The maximum Gasteiger partial charge on any atom is 0.328 e. The number of methoxy groups -OCH3 is 1. The normalized spacial score (nSPS) is 11.7. The fourth-order valence-corrected chi connectivity index (χ4v) is 2.34. The number of nitrogens with one attached hydrogen (secondary N) is 1. The number of carbonyl (C=O) groups is 2. The number of hydrogen-bond acceptors (Lipinski definition) is 5. The van der Waals surface area contributed by atoms with E-state index in [1.807, 2.05) is 43.3 Å². The summed E-state index contributed by atoms with van der Waals surface area (Å²) in [5.74, 6) is 0.601. The molecule has 2 aromatic carbocycles. The van der Waals surface area contributed by atoms with Gasteiger partial charge in [0, 0.05) is 6.08 Å². The molecule has 1 N–H and O–H groups in total. The van der Waals surface area contributed by atoms with Crippen molar-refractivity contribution in [2.24, 2.45) is 0 Å². The molecule has 0 fully saturated rings. The highest BCUT2D eigenvalue weighted by Gasteiger charge is 2.15. The lowest BCUT2D eigenvalue weighted by molar-refractivity contribution is -0.147. The molecule has 0 heterocycles. The van der Waals surface area contributed by atoms with Crippen LogP contribution in [0.15, 0.2) is 54.6 Å². The van der Waals surface area contributed by atoms with Crippen LogP contribution in [-0.2, 0) is 14.3 Å². The molecule has 0 bridgehead atoms. The van der Waals surface area contributed by atoms with Crippen molar-refractivity contribution in [2.45, 2.75) is 19.9 Å². The number of carbonyl (C=O) groups excluding carboxylic acids is 2. The quantitative estimate of drug-likeness (QED) is 0.409. The van der Waals surface area contributed by atoms with Gasteiger partial charge in [0.1, 0.15) is 30.8 Å². The van der Waals surface area contributed by atoms with Crippen LogP contribution in [-0.4, -0.2) is 38.2 Å². The van der Waals surface area contributed by atoms with Crippen molar-refractivity contribution in [1.82, 2.24) is 5.32 Å². The summed E-state index contributed by atoms with van der Waals surface area (Å²) in [6, 6.07) is 14.1. The van der Waals surface area contributed by atoms with Gasteiger partial charge in [-0.15, -0.1) is 0 Å². The Balaban J connectivity index is 1.71. The Bertz CT molecular complexity index is 814. The second kappa shape index (κ2) is 10.8. The number of aryl methyl sites for hydroxylation is 1. The Morgan fingerprint density at radius 3 is 2.46 bits per heavy atom. The number of para-hydroxylation sites is 1. The summed E-state index contributed by atoms with van der Waals surface area (Å²) in [5.41, 5.74) is 1.86. The van der Waals surface area contributed by atoms with Crippen molar-refractivity contribution in [2.75, 3.05) is 20.3 Å². The van der Waals surface area contributed by atoms with E-state index in [1.54, 1.807) is 32.2 Å². The van der Waals surface area contributed by atoms with Crippen LogP contribution in [0.4, 0.5) is 0 Å². The van der Waals surface area contributed by atoms with Gasteiger partial charge in [-0.2, -0.15) is 0 Å². The van der Waals surface area contributed by atoms with Gasteiger partial charge in [-0.25, -0.2) is 4.79 Å². The lowest BCUT2D eigenvalue weighted by Gasteiger charge is -2.13. The monoisotopic (exact) mass is 383 g/mol. The topological polar surface area (TPSA) is 73.9 Å². The SMILES string of the molecule is COc1ccc(/C=C/C(=O)N[C@@H](C)C(=O)OCCOc2ccccc2C)cc1. The maximum absolute atomic E-state index is 12.0. The van der Waals surface area contributed by atoms with Gasteiger partial charge < -0.3 is 19.5 Å². The largest absolute Gasteiger partial charge is 0.497 e. The van der Waals surface area contributed by atoms with E-state index in [0.29, 0.717) is 0 Å². The van der Waals surface area contributed by atoms with E-state index in [9.17, 15) is 9.59 Å². The summed E-state index contributed by atoms with van der Waals surface area (Å²) in [7, 11) is 1.59. The highest BCUT2D eigenvalue weighted by Crippen LogP contribution is 2.15. The molecule has 0 radical (unpaired) electrons. The van der Waals surface area contributed by atoms with E-state index in [-0.39, 0.29) is 19.1 Å². The van der Waals surface area contributed by atoms with Gasteiger partial charge in [0.2, 0.25) is 5.91 Å². The second-order valence-electron chi connectivity index (χ2n) is 6.12. The molecule has 0 saturated carbocycles. The summed E-state index contributed by atoms with van der Waals surface area (Å²) in [4.78, 5) is 23.9. The molecule has 148 valence electrons. The minimum Gasteiger partial charge on any atom is -0.497 e. The Morgan fingerprint density at radius 2 is 1.79 bits per heavy atom. The number of rotatable bonds is 9. The molecule has 6 heteroatoms. The lowest BCUT2D eigenvalue weighted by Crippen LogP contribution is -2.39. The van der Waals surface area contributed by atoms with Crippen LogP contribution in [0.25, 0.3) is 6.08 Å². The summed E-state index contributed by atoms with van der Waals surface area (Å²) in [6.45, 7) is 3.87. The number of amides is 1. The minimum atomic E-state index is -0.758. The van der Waals surface area contributed by atoms with Gasteiger partial charge in [-0.3, -0.25) is 4.79 Å². The zero-order valence-corrected chi connectivity index (χ0v) is 16.3. The van der Waals surface area contributed by atoms with Crippen LogP contribution < -0.4 is 14.8 Å². The molecule has 2 aromatic rings. The Kier molecular flexibility index (Phi) is 8.09. The van der Waals surface area contributed by atoms with E-state index in [1.165, 1.54) is 6.08 Å². The molecule has 0 aromatic heterocycles. The average molecular weight is 383 g/mol. The molecule has 6 nitrogen and oxygen atoms in total. The number of benzene rings is 2. The molecule has 1 atom stereocenters. The van der Waals surface area contributed by atoms with Gasteiger partial charge in [0.05, 0.1) is 7.11 Å². The van der Waals surface area contributed by atoms with Crippen molar-refractivity contribution in [3.8, 4) is 11.5 Å². The smallest absolute Gasteiger partial charge is 0.328 e. The molecule has 1 amide bonds. The van der Waals surface area contributed by atoms with Gasteiger partial charge in [0.25, 0.3) is 0 Å². The molecule has 0 spiro atoms. The van der Waals surface area contributed by atoms with Gasteiger partial charge in [-0.1, -0.05) is 30.3 Å². The van der Waals surface area contributed by atoms with Crippen LogP contribution >= 0.6 is 0 Å². The van der Waals surface area contributed by atoms with Crippen LogP contribution in [0.5, 0.6) is 11.5 Å². The first-order valence-corrected chi connectivity index (χ1v) is 8.97. The number of hydrogen-bond donors (Lipinski definition) is 1. The second-order valence-corrected chi connectivity index (χ2v) is 6.12. The standard InChI is InChI=1S/C22H25NO5/c1-16-6-4-5-7-20(16)27-14-15-28-22(25)17(2)23-21(24)13-10-18-8-11-19(26-3)12-9-18/h4-13,17H,14-15H2,1-3H3,(H,23,24)/b13-10+/t17-/m0/s1. The number of ether oxygens (including phenoxy) is 3. The minimum absolute atomic E-state index is 0.106. The first-order chi connectivity index (χ1) is 13.5. The summed E-state index contributed by atoms with van der Waals surface area (Å²) in [6.07, 6.45) is 3.02. The van der Waals surface area contributed by atoms with Crippen molar-refractivity contribution >= 4 is 18.0 Å². The predicted octanol–water partition coefficient (Wildman–Crippen LogP) is 3.14. The first-order valence-electron chi connectivity index (χ1n) is 8.97. The van der Waals surface area contributed by atoms with Crippen molar-refractivity contribution in [3.05, 3.63) is 65.7 Å². The lowest BCUT2D eigenvalue weighted by atomic mass is 10.2. The van der Waals surface area contributed by atoms with E-state index in [4.69, 9.17) is 14.2 Å². The maximum atomic E-state index is 12.0. The third-order valence-corrected chi connectivity index (χ3v) is 3.93. The van der Waals surface area contributed by atoms with Crippen molar-refractivity contribution < 1.29 is 23.8 Å². The van der Waals surface area contributed by atoms with Gasteiger partial charge in [0.15, 0.2) is 0 Å². The molecule has 0 aliphatic rings. The molecular weight excluding hydrogens is 358 g/mol. The zero-order valence-electron chi connectivity index (χ0n) is 16.3. The number of esters is 1. The fraction of sp³-hybridized carbons (Fsp3) is 0.273. The van der Waals surface area contributed by atoms with Crippen LogP contribution in [0.3, 0.4) is 0 Å². The van der Waals surface area contributed by atoms with Crippen LogP contribution in [0, 0.1) is 6.92 Å². The Hall–Kier alpha value is -3.28. The molecule has 0 saturated heterocycles. The van der Waals surface area contributed by atoms with E-state index >= 15 is 0 Å². The van der Waals surface area contributed by atoms with Gasteiger partial charge >= 0.3 is 5.97 Å². The third-order valence-electron chi connectivity index (χ3n) is 3.93. The molecule has 2 rings (SSSR count). The van der Waals surface area contributed by atoms with Crippen molar-refractivity contribution in [1.29, 1.82) is 0 Å². The molecule has 0 aliphatic carbocycles. The fourth-order valence-electron chi connectivity index (χ4n) is 2.34. The summed E-state index contributed by atoms with van der Waals surface area (Å²) in [5, 5.41) is 2.57. The van der Waals surface area contributed by atoms with Crippen molar-refractivity contribution in [3.63, 3.8) is 0 Å². The zero-order chi connectivity index (χ0) is 20.4. The Morgan fingerprint density at radius 1 is 1.07 bits per heavy atom. The highest BCUT2D eigenvalue weighted by molar-refractivity contribution is 5.94. The van der Waals surface area contributed by atoms with Crippen LogP contribution in [0.2, 0.25) is 0 Å². The molecule has 0 unspecified atom stereocenters. The van der Waals surface area contributed by atoms with Gasteiger partial charge in [-0.05, 0) is 49.2 Å². The average Bonchev–Trinajstić information content (AvgIpc) is 2.71.